The molecule has 1 rings (SSSR count). The first-order chi connectivity index (χ1) is 5.65. The number of rotatable bonds is 1. The molecule has 0 atom stereocenters. The van der Waals surface area contributed by atoms with Crippen LogP contribution < -0.4 is 0 Å². The second kappa shape index (κ2) is 3.15. The molecular weight excluding hydrogens is 182 g/mol. The van der Waals surface area contributed by atoms with Crippen LogP contribution in [-0.2, 0) is 0 Å². The van der Waals surface area contributed by atoms with Crippen LogP contribution in [0.2, 0.25) is 5.15 Å². The predicted molar refractivity (Wildman–Crippen MR) is 42.2 cm³/mol. The van der Waals surface area contributed by atoms with Crippen molar-refractivity contribution in [3.05, 3.63) is 38.9 Å². The van der Waals surface area contributed by atoms with Crippen molar-refractivity contribution in [2.45, 2.75) is 0 Å². The normalized spacial score (nSPS) is 9.00. The molecule has 0 aliphatic carbocycles. The third kappa shape index (κ3) is 1.49. The maximum absolute atomic E-state index is 10.2. The molecule has 0 radical (unpaired) electrons. The third-order valence-electron chi connectivity index (χ3n) is 1.14. The summed E-state index contributed by atoms with van der Waals surface area (Å²) < 4.78 is 0. The molecule has 0 bridgehead atoms. The van der Waals surface area contributed by atoms with Crippen LogP contribution in [-0.4, -0.2) is 9.91 Å². The smallest absolute Gasteiger partial charge is 0.258 e. The summed E-state index contributed by atoms with van der Waals surface area (Å²) in [7, 11) is 0. The Labute approximate surface area is 72.6 Å². The standard InChI is InChI=1S/C6H2ClN3O2/c1-8-5-2-4(10(11)12)3-9-6(5)7/h2-3H. The van der Waals surface area contributed by atoms with Crippen molar-refractivity contribution in [3.63, 3.8) is 0 Å². The Morgan fingerprint density at radius 1 is 1.75 bits per heavy atom. The van der Waals surface area contributed by atoms with Crippen LogP contribution in [0.1, 0.15) is 0 Å². The summed E-state index contributed by atoms with van der Waals surface area (Å²) in [6.45, 7) is 6.60. The number of pyridine rings is 1. The van der Waals surface area contributed by atoms with Gasteiger partial charge < -0.3 is 0 Å². The summed E-state index contributed by atoms with van der Waals surface area (Å²) in [5, 5.41) is 10.2. The van der Waals surface area contributed by atoms with Gasteiger partial charge in [-0.15, -0.1) is 0 Å². The molecule has 0 saturated carbocycles. The highest BCUT2D eigenvalue weighted by Gasteiger charge is 2.09. The SMILES string of the molecule is [C-]#[N+]c1cc([N+](=O)[O-])cnc1Cl. The van der Waals surface area contributed by atoms with Gasteiger partial charge in [0.15, 0.2) is 0 Å². The van der Waals surface area contributed by atoms with Gasteiger partial charge in [0.2, 0.25) is 5.69 Å². The van der Waals surface area contributed by atoms with E-state index in [1.54, 1.807) is 0 Å². The highest BCUT2D eigenvalue weighted by molar-refractivity contribution is 6.32. The quantitative estimate of drug-likeness (QED) is 0.290. The first-order valence-corrected chi connectivity index (χ1v) is 3.20. The number of hydrogen-bond donors (Lipinski definition) is 0. The first-order valence-electron chi connectivity index (χ1n) is 2.82. The zero-order chi connectivity index (χ0) is 9.14. The summed E-state index contributed by atoms with van der Waals surface area (Å²) in [6.07, 6.45) is 1.01. The van der Waals surface area contributed by atoms with Crippen LogP contribution in [0, 0.1) is 16.7 Å². The van der Waals surface area contributed by atoms with Gasteiger partial charge in [-0.25, -0.2) is 9.83 Å². The number of nitrogens with zero attached hydrogens (tertiary/aromatic N) is 3. The van der Waals surface area contributed by atoms with E-state index in [0.29, 0.717) is 0 Å². The van der Waals surface area contributed by atoms with E-state index >= 15 is 0 Å². The summed E-state index contributed by atoms with van der Waals surface area (Å²) in [5.74, 6) is 0. The maximum Gasteiger partial charge on any atom is 0.277 e. The Balaban J connectivity index is 3.25. The first kappa shape index (κ1) is 8.43. The molecular formula is C6H2ClN3O2. The molecule has 0 fully saturated rings. The molecule has 5 nitrogen and oxygen atoms in total. The van der Waals surface area contributed by atoms with Gasteiger partial charge in [0.25, 0.3) is 5.69 Å². The lowest BCUT2D eigenvalue weighted by Crippen LogP contribution is -1.88. The molecule has 1 aromatic heterocycles. The van der Waals surface area contributed by atoms with Crippen molar-refractivity contribution in [1.29, 1.82) is 0 Å². The molecule has 1 aromatic rings. The van der Waals surface area contributed by atoms with Gasteiger partial charge in [0.1, 0.15) is 11.3 Å². The van der Waals surface area contributed by atoms with Crippen molar-refractivity contribution in [3.8, 4) is 0 Å². The molecule has 0 unspecified atom stereocenters. The number of halogens is 1. The fraction of sp³-hybridized carbons (Fsp3) is 0. The average molecular weight is 184 g/mol. The third-order valence-corrected chi connectivity index (χ3v) is 1.43. The minimum absolute atomic E-state index is 0.00846. The van der Waals surface area contributed by atoms with E-state index in [4.69, 9.17) is 18.2 Å². The van der Waals surface area contributed by atoms with Gasteiger partial charge in [0, 0.05) is 6.07 Å². The minimum Gasteiger partial charge on any atom is -0.258 e. The topological polar surface area (TPSA) is 60.4 Å². The molecule has 60 valence electrons. The lowest BCUT2D eigenvalue weighted by atomic mass is 10.4. The molecule has 0 aliphatic rings. The van der Waals surface area contributed by atoms with Crippen LogP contribution in [0.25, 0.3) is 4.85 Å². The summed E-state index contributed by atoms with van der Waals surface area (Å²) >= 11 is 5.45. The highest BCUT2D eigenvalue weighted by Crippen LogP contribution is 2.26. The highest BCUT2D eigenvalue weighted by atomic mass is 35.5. The largest absolute Gasteiger partial charge is 0.277 e. The summed E-state index contributed by atoms with van der Waals surface area (Å²) in [4.78, 5) is 16.0. The maximum atomic E-state index is 10.2. The molecule has 0 aromatic carbocycles. The predicted octanol–water partition coefficient (Wildman–Crippen LogP) is 2.19. The molecule has 0 N–H and O–H groups in total. The lowest BCUT2D eigenvalue weighted by Gasteiger charge is -1.92. The van der Waals surface area contributed by atoms with Crippen LogP contribution in [0.5, 0.6) is 0 Å². The number of nitro groups is 1. The van der Waals surface area contributed by atoms with Crippen molar-refractivity contribution in [1.82, 2.24) is 4.98 Å². The van der Waals surface area contributed by atoms with E-state index in [-0.39, 0.29) is 16.5 Å². The van der Waals surface area contributed by atoms with E-state index < -0.39 is 4.92 Å². The molecule has 1 heterocycles. The van der Waals surface area contributed by atoms with Gasteiger partial charge >= 0.3 is 0 Å². The molecule has 0 spiro atoms. The second-order valence-corrected chi connectivity index (χ2v) is 2.23. The summed E-state index contributed by atoms with van der Waals surface area (Å²) in [6, 6.07) is 1.09. The van der Waals surface area contributed by atoms with Gasteiger partial charge in [-0.1, -0.05) is 11.6 Å². The van der Waals surface area contributed by atoms with E-state index in [2.05, 4.69) is 9.83 Å². The molecule has 0 aliphatic heterocycles. The van der Waals surface area contributed by atoms with Crippen molar-refractivity contribution in [2.24, 2.45) is 0 Å². The average Bonchev–Trinajstić information content (AvgIpc) is 2.05. The van der Waals surface area contributed by atoms with Gasteiger partial charge in [-0.05, 0) is 0 Å². The molecule has 12 heavy (non-hydrogen) atoms. The number of aromatic nitrogens is 1. The Morgan fingerprint density at radius 3 is 2.92 bits per heavy atom. The van der Waals surface area contributed by atoms with E-state index in [1.807, 2.05) is 0 Å². The molecule has 0 amide bonds. The van der Waals surface area contributed by atoms with Crippen LogP contribution in [0.15, 0.2) is 12.3 Å². The van der Waals surface area contributed by atoms with Gasteiger partial charge in [-0.3, -0.25) is 10.1 Å². The van der Waals surface area contributed by atoms with E-state index in [1.165, 1.54) is 0 Å². The lowest BCUT2D eigenvalue weighted by molar-refractivity contribution is -0.385. The van der Waals surface area contributed by atoms with Gasteiger partial charge in [0.05, 0.1) is 11.5 Å². The van der Waals surface area contributed by atoms with E-state index in [9.17, 15) is 10.1 Å². The fourth-order valence-corrected chi connectivity index (χ4v) is 0.750. The van der Waals surface area contributed by atoms with E-state index in [0.717, 1.165) is 12.3 Å². The summed E-state index contributed by atoms with van der Waals surface area (Å²) in [5.41, 5.74) is -0.240. The van der Waals surface area contributed by atoms with Crippen LogP contribution in [0.4, 0.5) is 11.4 Å². The zero-order valence-corrected chi connectivity index (χ0v) is 6.45. The Morgan fingerprint density at radius 2 is 2.42 bits per heavy atom. The fourth-order valence-electron chi connectivity index (χ4n) is 0.604. The number of hydrogen-bond acceptors (Lipinski definition) is 3. The Bertz CT molecular complexity index is 372. The monoisotopic (exact) mass is 183 g/mol. The second-order valence-electron chi connectivity index (χ2n) is 1.87. The Kier molecular flexibility index (Phi) is 2.21. The van der Waals surface area contributed by atoms with Crippen molar-refractivity contribution < 1.29 is 4.92 Å². The van der Waals surface area contributed by atoms with Gasteiger partial charge in [-0.2, -0.15) is 0 Å². The minimum atomic E-state index is -0.627. The van der Waals surface area contributed by atoms with Crippen molar-refractivity contribution >= 4 is 23.0 Å². The van der Waals surface area contributed by atoms with Crippen molar-refractivity contribution in [2.75, 3.05) is 0 Å². The van der Waals surface area contributed by atoms with Crippen LogP contribution in [0.3, 0.4) is 0 Å². The zero-order valence-electron chi connectivity index (χ0n) is 5.69. The van der Waals surface area contributed by atoms with Crippen LogP contribution >= 0.6 is 11.6 Å². The molecule has 6 heteroatoms. The Hall–Kier alpha value is -1.67. The molecule has 0 saturated heterocycles.